The van der Waals surface area contributed by atoms with Crippen LogP contribution in [0.25, 0.3) is 11.4 Å². The number of imidazole rings is 1. The summed E-state index contributed by atoms with van der Waals surface area (Å²) < 4.78 is 13.3. The van der Waals surface area contributed by atoms with Gasteiger partial charge in [-0.25, -0.2) is 4.98 Å². The molecule has 7 heteroatoms. The van der Waals surface area contributed by atoms with Gasteiger partial charge in [0.25, 0.3) is 5.89 Å². The Morgan fingerprint density at radius 1 is 1.32 bits per heavy atom. The van der Waals surface area contributed by atoms with Gasteiger partial charge in [0.05, 0.1) is 6.61 Å². The molecular formula is C18H21N5O2. The second kappa shape index (κ2) is 6.78. The average Bonchev–Trinajstić information content (AvgIpc) is 3.25. The molecule has 2 aromatic heterocycles. The minimum Gasteiger partial charge on any atom is -0.366 e. The molecule has 130 valence electrons. The molecule has 4 rings (SSSR count). The lowest BCUT2D eigenvalue weighted by molar-refractivity contribution is -0.0366. The first-order valence-electron chi connectivity index (χ1n) is 8.40. The van der Waals surface area contributed by atoms with Gasteiger partial charge in [-0.15, -0.1) is 0 Å². The molecule has 1 aromatic carbocycles. The predicted octanol–water partition coefficient (Wildman–Crippen LogP) is 2.29. The SMILES string of the molecule is Cc1nccn1Cc1cccc(-c2noc(C3CN(C)CCO3)n2)c1. The first kappa shape index (κ1) is 16.0. The summed E-state index contributed by atoms with van der Waals surface area (Å²) in [4.78, 5) is 11.0. The monoisotopic (exact) mass is 339 g/mol. The van der Waals surface area contributed by atoms with Gasteiger partial charge in [-0.05, 0) is 25.6 Å². The third kappa shape index (κ3) is 3.47. The van der Waals surface area contributed by atoms with E-state index in [0.717, 1.165) is 31.0 Å². The minimum absolute atomic E-state index is 0.156. The molecule has 1 fully saturated rings. The van der Waals surface area contributed by atoms with Crippen molar-refractivity contribution < 1.29 is 9.26 Å². The van der Waals surface area contributed by atoms with E-state index < -0.39 is 0 Å². The number of morpholine rings is 1. The zero-order valence-electron chi connectivity index (χ0n) is 14.4. The molecular weight excluding hydrogens is 318 g/mol. The van der Waals surface area contributed by atoms with Gasteiger partial charge in [-0.1, -0.05) is 23.4 Å². The van der Waals surface area contributed by atoms with Crippen LogP contribution in [0.3, 0.4) is 0 Å². The van der Waals surface area contributed by atoms with Crippen LogP contribution in [0.4, 0.5) is 0 Å². The van der Waals surface area contributed by atoms with Gasteiger partial charge < -0.3 is 18.7 Å². The molecule has 0 saturated carbocycles. The largest absolute Gasteiger partial charge is 0.366 e. The molecule has 25 heavy (non-hydrogen) atoms. The van der Waals surface area contributed by atoms with Crippen LogP contribution >= 0.6 is 0 Å². The Kier molecular flexibility index (Phi) is 4.33. The third-order valence-electron chi connectivity index (χ3n) is 4.45. The highest BCUT2D eigenvalue weighted by Gasteiger charge is 2.25. The number of likely N-dealkylation sites (N-methyl/N-ethyl adjacent to an activating group) is 1. The normalized spacial score (nSPS) is 18.6. The zero-order chi connectivity index (χ0) is 17.2. The summed E-state index contributed by atoms with van der Waals surface area (Å²) in [7, 11) is 2.06. The van der Waals surface area contributed by atoms with Crippen LogP contribution in [0, 0.1) is 6.92 Å². The maximum Gasteiger partial charge on any atom is 0.257 e. The molecule has 1 unspecified atom stereocenters. The molecule has 0 spiro atoms. The van der Waals surface area contributed by atoms with Crippen molar-refractivity contribution in [2.45, 2.75) is 19.6 Å². The highest BCUT2D eigenvalue weighted by Crippen LogP contribution is 2.24. The Morgan fingerprint density at radius 3 is 3.04 bits per heavy atom. The molecule has 0 radical (unpaired) electrons. The number of aryl methyl sites for hydroxylation is 1. The van der Waals surface area contributed by atoms with Gasteiger partial charge in [-0.3, -0.25) is 0 Å². The number of benzene rings is 1. The fourth-order valence-electron chi connectivity index (χ4n) is 2.99. The lowest BCUT2D eigenvalue weighted by Gasteiger charge is -2.27. The topological polar surface area (TPSA) is 69.2 Å². The van der Waals surface area contributed by atoms with Crippen LogP contribution in [0.1, 0.15) is 23.4 Å². The van der Waals surface area contributed by atoms with Crippen LogP contribution in [-0.4, -0.2) is 51.3 Å². The summed E-state index contributed by atoms with van der Waals surface area (Å²) in [5.41, 5.74) is 2.10. The van der Waals surface area contributed by atoms with Crippen molar-refractivity contribution in [3.63, 3.8) is 0 Å². The number of aromatic nitrogens is 4. The maximum absolute atomic E-state index is 5.74. The summed E-state index contributed by atoms with van der Waals surface area (Å²) >= 11 is 0. The Bertz CT molecular complexity index is 857. The Balaban J connectivity index is 1.54. The fraction of sp³-hybridized carbons (Fsp3) is 0.389. The Labute approximate surface area is 146 Å². The first-order chi connectivity index (χ1) is 12.2. The Morgan fingerprint density at radius 2 is 2.24 bits per heavy atom. The number of hydrogen-bond donors (Lipinski definition) is 0. The van der Waals surface area contributed by atoms with Crippen molar-refractivity contribution in [1.82, 2.24) is 24.6 Å². The van der Waals surface area contributed by atoms with E-state index in [1.54, 1.807) is 0 Å². The van der Waals surface area contributed by atoms with Gasteiger partial charge in [-0.2, -0.15) is 4.98 Å². The minimum atomic E-state index is -0.156. The van der Waals surface area contributed by atoms with Crippen molar-refractivity contribution in [3.8, 4) is 11.4 Å². The summed E-state index contributed by atoms with van der Waals surface area (Å²) in [6, 6.07) is 8.18. The second-order valence-electron chi connectivity index (χ2n) is 6.38. The molecule has 1 saturated heterocycles. The first-order valence-corrected chi connectivity index (χ1v) is 8.40. The molecule has 7 nitrogen and oxygen atoms in total. The molecule has 1 atom stereocenters. The standard InChI is InChI=1S/C18H21N5O2/c1-13-19-6-7-23(13)11-14-4-3-5-15(10-14)17-20-18(25-21-17)16-12-22(2)8-9-24-16/h3-7,10,16H,8-9,11-12H2,1-2H3. The van der Waals surface area contributed by atoms with Gasteiger partial charge >= 0.3 is 0 Å². The van der Waals surface area contributed by atoms with Gasteiger partial charge in [0.1, 0.15) is 11.9 Å². The lowest BCUT2D eigenvalue weighted by Crippen LogP contribution is -2.35. The van der Waals surface area contributed by atoms with Gasteiger partial charge in [0, 0.05) is 37.6 Å². The quantitative estimate of drug-likeness (QED) is 0.726. The number of hydrogen-bond acceptors (Lipinski definition) is 6. The van der Waals surface area contributed by atoms with Gasteiger partial charge in [0.2, 0.25) is 5.82 Å². The fourth-order valence-corrected chi connectivity index (χ4v) is 2.99. The van der Waals surface area contributed by atoms with E-state index in [-0.39, 0.29) is 6.10 Å². The number of rotatable bonds is 4. The smallest absolute Gasteiger partial charge is 0.257 e. The van der Waals surface area contributed by atoms with E-state index >= 15 is 0 Å². The number of ether oxygens (including phenoxy) is 1. The summed E-state index contributed by atoms with van der Waals surface area (Å²) in [6.07, 6.45) is 3.63. The van der Waals surface area contributed by atoms with Crippen LogP contribution in [0.5, 0.6) is 0 Å². The summed E-state index contributed by atoms with van der Waals surface area (Å²) in [5, 5.41) is 4.14. The Hall–Kier alpha value is -2.51. The highest BCUT2D eigenvalue weighted by atomic mass is 16.5. The van der Waals surface area contributed by atoms with E-state index in [2.05, 4.69) is 43.8 Å². The molecule has 1 aliphatic heterocycles. The third-order valence-corrected chi connectivity index (χ3v) is 4.45. The van der Waals surface area contributed by atoms with E-state index in [1.807, 2.05) is 31.5 Å². The van der Waals surface area contributed by atoms with E-state index in [4.69, 9.17) is 9.26 Å². The molecule has 0 aliphatic carbocycles. The van der Waals surface area contributed by atoms with Crippen molar-refractivity contribution in [1.29, 1.82) is 0 Å². The predicted molar refractivity (Wildman–Crippen MR) is 92.0 cm³/mol. The average molecular weight is 339 g/mol. The number of nitrogens with zero attached hydrogens (tertiary/aromatic N) is 5. The van der Waals surface area contributed by atoms with Crippen molar-refractivity contribution in [2.24, 2.45) is 0 Å². The molecule has 1 aliphatic rings. The molecule has 0 N–H and O–H groups in total. The molecule has 3 heterocycles. The molecule has 3 aromatic rings. The maximum atomic E-state index is 5.74. The van der Waals surface area contributed by atoms with Crippen LogP contribution < -0.4 is 0 Å². The van der Waals surface area contributed by atoms with Crippen molar-refractivity contribution >= 4 is 0 Å². The van der Waals surface area contributed by atoms with Crippen molar-refractivity contribution in [2.75, 3.05) is 26.7 Å². The van der Waals surface area contributed by atoms with E-state index in [0.29, 0.717) is 18.3 Å². The lowest BCUT2D eigenvalue weighted by atomic mass is 10.1. The highest BCUT2D eigenvalue weighted by molar-refractivity contribution is 5.55. The summed E-state index contributed by atoms with van der Waals surface area (Å²) in [5.74, 6) is 2.12. The zero-order valence-corrected chi connectivity index (χ0v) is 14.4. The van der Waals surface area contributed by atoms with Crippen LogP contribution in [0.2, 0.25) is 0 Å². The van der Waals surface area contributed by atoms with E-state index in [1.165, 1.54) is 5.56 Å². The van der Waals surface area contributed by atoms with Gasteiger partial charge in [0.15, 0.2) is 0 Å². The second-order valence-corrected chi connectivity index (χ2v) is 6.38. The molecule has 0 amide bonds. The summed E-state index contributed by atoms with van der Waals surface area (Å²) in [6.45, 7) is 5.13. The van der Waals surface area contributed by atoms with Crippen LogP contribution in [0.15, 0.2) is 41.2 Å². The van der Waals surface area contributed by atoms with E-state index in [9.17, 15) is 0 Å². The molecule has 0 bridgehead atoms. The van der Waals surface area contributed by atoms with Crippen LogP contribution in [-0.2, 0) is 11.3 Å². The van der Waals surface area contributed by atoms with Crippen molar-refractivity contribution in [3.05, 3.63) is 53.9 Å².